The molecule has 0 saturated carbocycles. The summed E-state index contributed by atoms with van der Waals surface area (Å²) in [6, 6.07) is 2.66. The lowest BCUT2D eigenvalue weighted by molar-refractivity contribution is -0.142. The molecule has 86 valence electrons. The minimum Gasteiger partial charge on any atom is -0.481 e. The van der Waals surface area contributed by atoms with Crippen molar-refractivity contribution in [1.82, 2.24) is 0 Å². The molecule has 0 fully saturated rings. The van der Waals surface area contributed by atoms with Crippen LogP contribution in [0.5, 0.6) is 0 Å². The summed E-state index contributed by atoms with van der Waals surface area (Å²) in [5.41, 5.74) is 0.683. The zero-order valence-corrected chi connectivity index (χ0v) is 8.96. The number of aryl methyl sites for hydroxylation is 1. The third-order valence-electron chi connectivity index (χ3n) is 3.17. The van der Waals surface area contributed by atoms with E-state index in [0.29, 0.717) is 18.4 Å². The first-order valence-corrected chi connectivity index (χ1v) is 5.16. The number of carboxylic acid groups (broad SMARTS) is 1. The van der Waals surface area contributed by atoms with E-state index in [1.807, 2.05) is 0 Å². The Balaban J connectivity index is 2.49. The Kier molecular flexibility index (Phi) is 2.46. The molecule has 0 heterocycles. The van der Waals surface area contributed by atoms with Crippen LogP contribution in [-0.4, -0.2) is 16.2 Å². The van der Waals surface area contributed by atoms with E-state index in [1.165, 1.54) is 12.1 Å². The summed E-state index contributed by atoms with van der Waals surface area (Å²) in [6.45, 7) is 1.77. The first kappa shape index (κ1) is 11.1. The molecule has 1 atom stereocenters. The van der Waals surface area contributed by atoms with Crippen LogP contribution in [0, 0.1) is 12.7 Å². The van der Waals surface area contributed by atoms with Gasteiger partial charge >= 0.3 is 5.97 Å². The third-order valence-corrected chi connectivity index (χ3v) is 3.17. The van der Waals surface area contributed by atoms with Gasteiger partial charge in [0.2, 0.25) is 0 Å². The maximum Gasteiger partial charge on any atom is 0.306 e. The second-order valence-electron chi connectivity index (χ2n) is 4.35. The number of halogens is 1. The lowest BCUT2D eigenvalue weighted by Crippen LogP contribution is -2.26. The van der Waals surface area contributed by atoms with Crippen molar-refractivity contribution in [2.45, 2.75) is 31.8 Å². The Morgan fingerprint density at radius 1 is 1.56 bits per heavy atom. The summed E-state index contributed by atoms with van der Waals surface area (Å²) < 4.78 is 13.2. The average molecular weight is 224 g/mol. The molecule has 0 amide bonds. The molecule has 0 aliphatic heterocycles. The zero-order chi connectivity index (χ0) is 11.9. The Morgan fingerprint density at radius 2 is 2.25 bits per heavy atom. The second-order valence-corrected chi connectivity index (χ2v) is 4.35. The van der Waals surface area contributed by atoms with E-state index < -0.39 is 17.4 Å². The highest BCUT2D eigenvalue weighted by molar-refractivity contribution is 5.69. The lowest BCUT2D eigenvalue weighted by atomic mass is 9.91. The molecule has 0 radical (unpaired) electrons. The van der Waals surface area contributed by atoms with Gasteiger partial charge in [0.05, 0.1) is 6.42 Å². The summed E-state index contributed by atoms with van der Waals surface area (Å²) in [5, 5.41) is 19.0. The van der Waals surface area contributed by atoms with Gasteiger partial charge in [0.1, 0.15) is 11.4 Å². The van der Waals surface area contributed by atoms with Crippen LogP contribution < -0.4 is 0 Å². The fraction of sp³-hybridized carbons (Fsp3) is 0.417. The summed E-state index contributed by atoms with van der Waals surface area (Å²) in [7, 11) is 0. The van der Waals surface area contributed by atoms with Crippen molar-refractivity contribution in [3.63, 3.8) is 0 Å². The molecule has 0 saturated heterocycles. The van der Waals surface area contributed by atoms with Gasteiger partial charge < -0.3 is 10.2 Å². The molecule has 0 bridgehead atoms. The highest BCUT2D eigenvalue weighted by atomic mass is 19.1. The summed E-state index contributed by atoms with van der Waals surface area (Å²) in [5.74, 6) is -1.50. The minimum absolute atomic E-state index is 0.346. The summed E-state index contributed by atoms with van der Waals surface area (Å²) in [6.07, 6.45) is 0.576. The van der Waals surface area contributed by atoms with Gasteiger partial charge in [0.15, 0.2) is 0 Å². The van der Waals surface area contributed by atoms with Gasteiger partial charge in [0, 0.05) is 0 Å². The molecule has 1 aromatic rings. The van der Waals surface area contributed by atoms with E-state index in [-0.39, 0.29) is 6.42 Å². The first-order chi connectivity index (χ1) is 7.42. The maximum atomic E-state index is 13.2. The van der Waals surface area contributed by atoms with E-state index in [9.17, 15) is 14.3 Å². The Labute approximate surface area is 92.5 Å². The van der Waals surface area contributed by atoms with Gasteiger partial charge in [-0.1, -0.05) is 0 Å². The van der Waals surface area contributed by atoms with Gasteiger partial charge in [0.25, 0.3) is 0 Å². The van der Waals surface area contributed by atoms with E-state index in [4.69, 9.17) is 5.11 Å². The van der Waals surface area contributed by atoms with Crippen molar-refractivity contribution in [3.8, 4) is 0 Å². The molecule has 1 aliphatic rings. The molecule has 3 nitrogen and oxygen atoms in total. The van der Waals surface area contributed by atoms with Gasteiger partial charge in [-0.15, -0.1) is 0 Å². The predicted octanol–water partition coefficient (Wildman–Crippen LogP) is 1.74. The topological polar surface area (TPSA) is 57.5 Å². The predicted molar refractivity (Wildman–Crippen MR) is 55.6 cm³/mol. The molecule has 0 aromatic heterocycles. The van der Waals surface area contributed by atoms with Crippen molar-refractivity contribution in [2.75, 3.05) is 0 Å². The van der Waals surface area contributed by atoms with Crippen LogP contribution in [0.2, 0.25) is 0 Å². The normalized spacial score (nSPS) is 23.2. The van der Waals surface area contributed by atoms with Crippen molar-refractivity contribution >= 4 is 5.97 Å². The number of rotatable bonds is 2. The van der Waals surface area contributed by atoms with Crippen LogP contribution in [0.3, 0.4) is 0 Å². The smallest absolute Gasteiger partial charge is 0.306 e. The molecule has 16 heavy (non-hydrogen) atoms. The number of aliphatic carboxylic acids is 1. The van der Waals surface area contributed by atoms with E-state index in [1.54, 1.807) is 6.92 Å². The highest BCUT2D eigenvalue weighted by Crippen LogP contribution is 2.41. The van der Waals surface area contributed by atoms with Crippen molar-refractivity contribution < 1.29 is 19.4 Å². The molecule has 2 N–H and O–H groups in total. The quantitative estimate of drug-likeness (QED) is 0.804. The fourth-order valence-corrected chi connectivity index (χ4v) is 2.42. The number of benzene rings is 1. The number of fused-ring (bicyclic) bond motifs is 1. The minimum atomic E-state index is -1.41. The van der Waals surface area contributed by atoms with Crippen LogP contribution in [0.1, 0.15) is 29.5 Å². The van der Waals surface area contributed by atoms with Gasteiger partial charge in [-0.25, -0.2) is 4.39 Å². The lowest BCUT2D eigenvalue weighted by Gasteiger charge is -2.22. The molecule has 4 heteroatoms. The standard InChI is InChI=1S/C12H13FO3/c1-7-4-8(13)5-10-9(7)2-3-12(10,16)6-11(14)15/h4-5,16H,2-3,6H2,1H3,(H,14,15). The molecule has 1 aromatic carbocycles. The number of carboxylic acids is 1. The molecule has 2 rings (SSSR count). The molecular weight excluding hydrogens is 211 g/mol. The highest BCUT2D eigenvalue weighted by Gasteiger charge is 2.39. The number of aliphatic hydroxyl groups is 1. The monoisotopic (exact) mass is 224 g/mol. The first-order valence-electron chi connectivity index (χ1n) is 5.16. The van der Waals surface area contributed by atoms with Crippen LogP contribution >= 0.6 is 0 Å². The van der Waals surface area contributed by atoms with Crippen LogP contribution in [-0.2, 0) is 16.8 Å². The second kappa shape index (κ2) is 3.56. The fourth-order valence-electron chi connectivity index (χ4n) is 2.42. The van der Waals surface area contributed by atoms with Crippen LogP contribution in [0.4, 0.5) is 4.39 Å². The van der Waals surface area contributed by atoms with Gasteiger partial charge in [-0.2, -0.15) is 0 Å². The van der Waals surface area contributed by atoms with E-state index in [0.717, 1.165) is 11.1 Å². The SMILES string of the molecule is Cc1cc(F)cc2c1CCC2(O)CC(=O)O. The molecular formula is C12H13FO3. The Bertz CT molecular complexity index is 456. The largest absolute Gasteiger partial charge is 0.481 e. The Hall–Kier alpha value is -1.42. The zero-order valence-electron chi connectivity index (χ0n) is 8.96. The van der Waals surface area contributed by atoms with Gasteiger partial charge in [-0.05, 0) is 48.6 Å². The van der Waals surface area contributed by atoms with Crippen molar-refractivity contribution in [2.24, 2.45) is 0 Å². The third kappa shape index (κ3) is 1.69. The molecule has 0 spiro atoms. The van der Waals surface area contributed by atoms with Crippen molar-refractivity contribution in [3.05, 3.63) is 34.6 Å². The van der Waals surface area contributed by atoms with Crippen LogP contribution in [0.15, 0.2) is 12.1 Å². The Morgan fingerprint density at radius 3 is 2.88 bits per heavy atom. The maximum absolute atomic E-state index is 13.2. The number of carbonyl (C=O) groups is 1. The molecule has 1 unspecified atom stereocenters. The van der Waals surface area contributed by atoms with Crippen molar-refractivity contribution in [1.29, 1.82) is 0 Å². The van der Waals surface area contributed by atoms with Gasteiger partial charge in [-0.3, -0.25) is 4.79 Å². The van der Waals surface area contributed by atoms with E-state index in [2.05, 4.69) is 0 Å². The summed E-state index contributed by atoms with van der Waals surface area (Å²) in [4.78, 5) is 10.7. The summed E-state index contributed by atoms with van der Waals surface area (Å²) >= 11 is 0. The average Bonchev–Trinajstić information content (AvgIpc) is 2.43. The number of hydrogen-bond acceptors (Lipinski definition) is 2. The molecule has 1 aliphatic carbocycles. The van der Waals surface area contributed by atoms with E-state index >= 15 is 0 Å². The van der Waals surface area contributed by atoms with Crippen LogP contribution in [0.25, 0.3) is 0 Å². The number of hydrogen-bond donors (Lipinski definition) is 2.